The highest BCUT2D eigenvalue weighted by Gasteiger charge is 2.14. The van der Waals surface area contributed by atoms with Gasteiger partial charge in [0.25, 0.3) is 5.91 Å². The molecule has 0 aliphatic heterocycles. The van der Waals surface area contributed by atoms with Gasteiger partial charge in [0.2, 0.25) is 0 Å². The molecule has 3 aromatic rings. The largest absolute Gasteiger partial charge is 0.341 e. The topological polar surface area (TPSA) is 76.8 Å². The maximum absolute atomic E-state index is 12.6. The van der Waals surface area contributed by atoms with Crippen molar-refractivity contribution < 1.29 is 4.79 Å². The van der Waals surface area contributed by atoms with E-state index in [0.717, 1.165) is 12.1 Å². The Labute approximate surface area is 137 Å². The van der Waals surface area contributed by atoms with E-state index in [9.17, 15) is 4.79 Å². The zero-order chi connectivity index (χ0) is 16.2. The van der Waals surface area contributed by atoms with Crippen LogP contribution in [0.5, 0.6) is 0 Å². The maximum atomic E-state index is 12.6. The van der Waals surface area contributed by atoms with E-state index < -0.39 is 0 Å². The summed E-state index contributed by atoms with van der Waals surface area (Å²) >= 11 is 1.62. The van der Waals surface area contributed by atoms with Crippen LogP contribution in [-0.4, -0.2) is 49.1 Å². The van der Waals surface area contributed by atoms with E-state index in [-0.39, 0.29) is 5.91 Å². The number of aromatic nitrogens is 5. The average molecular weight is 328 g/mol. The van der Waals surface area contributed by atoms with Gasteiger partial charge in [-0.3, -0.25) is 9.36 Å². The third-order valence-electron chi connectivity index (χ3n) is 3.54. The lowest BCUT2D eigenvalue weighted by molar-refractivity contribution is 0.0796. The van der Waals surface area contributed by atoms with Gasteiger partial charge in [-0.25, -0.2) is 9.97 Å². The first kappa shape index (κ1) is 15.3. The minimum Gasteiger partial charge on any atom is -0.341 e. The standard InChI is InChI=1S/C15H16N6OS/c1-11-13(23-10-17-11)4-6-20(2)15(22)12-3-5-16-14(7-12)21-8-18-19-9-21/h3,5,7-10H,4,6H2,1-2H3. The molecule has 0 radical (unpaired) electrons. The first-order valence-electron chi connectivity index (χ1n) is 7.10. The van der Waals surface area contributed by atoms with E-state index in [4.69, 9.17) is 0 Å². The van der Waals surface area contributed by atoms with Crippen molar-refractivity contribution >= 4 is 17.2 Å². The fourth-order valence-electron chi connectivity index (χ4n) is 2.17. The molecule has 3 heterocycles. The number of likely N-dealkylation sites (N-methyl/N-ethyl adjacent to an activating group) is 1. The number of rotatable bonds is 5. The fraction of sp³-hybridized carbons (Fsp3) is 0.267. The summed E-state index contributed by atoms with van der Waals surface area (Å²) in [6.45, 7) is 2.63. The van der Waals surface area contributed by atoms with Crippen LogP contribution in [0.2, 0.25) is 0 Å². The molecule has 0 saturated heterocycles. The van der Waals surface area contributed by atoms with Crippen LogP contribution >= 0.6 is 11.3 Å². The van der Waals surface area contributed by atoms with Gasteiger partial charge in [-0.05, 0) is 19.1 Å². The smallest absolute Gasteiger partial charge is 0.253 e. The van der Waals surface area contributed by atoms with Crippen molar-refractivity contribution in [2.45, 2.75) is 13.3 Å². The summed E-state index contributed by atoms with van der Waals surface area (Å²) in [5, 5.41) is 7.49. The molecule has 0 fully saturated rings. The van der Waals surface area contributed by atoms with E-state index in [1.807, 2.05) is 12.4 Å². The second-order valence-electron chi connectivity index (χ2n) is 5.11. The van der Waals surface area contributed by atoms with Crippen molar-refractivity contribution in [2.75, 3.05) is 13.6 Å². The Bertz CT molecular complexity index is 798. The highest BCUT2D eigenvalue weighted by atomic mass is 32.1. The van der Waals surface area contributed by atoms with Crippen LogP contribution < -0.4 is 0 Å². The average Bonchev–Trinajstić information content (AvgIpc) is 3.24. The molecule has 23 heavy (non-hydrogen) atoms. The number of nitrogens with zero attached hydrogens (tertiary/aromatic N) is 6. The van der Waals surface area contributed by atoms with Gasteiger partial charge in [-0.2, -0.15) is 0 Å². The molecule has 1 amide bonds. The van der Waals surface area contributed by atoms with Crippen LogP contribution in [0.3, 0.4) is 0 Å². The number of carbonyl (C=O) groups is 1. The van der Waals surface area contributed by atoms with Gasteiger partial charge in [-0.1, -0.05) is 0 Å². The molecule has 0 unspecified atom stereocenters. The lowest BCUT2D eigenvalue weighted by Crippen LogP contribution is -2.29. The third kappa shape index (κ3) is 3.42. The number of thiazole rings is 1. The SMILES string of the molecule is Cc1ncsc1CCN(C)C(=O)c1ccnc(-n2cnnc2)c1. The minimum absolute atomic E-state index is 0.0381. The molecule has 7 nitrogen and oxygen atoms in total. The summed E-state index contributed by atoms with van der Waals surface area (Å²) in [7, 11) is 1.80. The van der Waals surface area contributed by atoms with Crippen molar-refractivity contribution in [3.63, 3.8) is 0 Å². The van der Waals surface area contributed by atoms with E-state index >= 15 is 0 Å². The first-order valence-corrected chi connectivity index (χ1v) is 7.98. The van der Waals surface area contributed by atoms with Gasteiger partial charge in [0.15, 0.2) is 0 Å². The van der Waals surface area contributed by atoms with E-state index in [0.29, 0.717) is 17.9 Å². The molecule has 0 aromatic carbocycles. The summed E-state index contributed by atoms with van der Waals surface area (Å²) in [6.07, 6.45) is 5.52. The summed E-state index contributed by atoms with van der Waals surface area (Å²) in [6, 6.07) is 3.45. The second kappa shape index (κ2) is 6.66. The Morgan fingerprint density at radius 3 is 2.78 bits per heavy atom. The molecule has 3 aromatic heterocycles. The lowest BCUT2D eigenvalue weighted by Gasteiger charge is -2.17. The Kier molecular flexibility index (Phi) is 4.42. The summed E-state index contributed by atoms with van der Waals surface area (Å²) < 4.78 is 1.66. The third-order valence-corrected chi connectivity index (χ3v) is 4.54. The Morgan fingerprint density at radius 1 is 1.30 bits per heavy atom. The predicted molar refractivity (Wildman–Crippen MR) is 86.7 cm³/mol. The van der Waals surface area contributed by atoms with Crippen LogP contribution in [0.1, 0.15) is 20.9 Å². The van der Waals surface area contributed by atoms with Crippen LogP contribution in [0.25, 0.3) is 5.82 Å². The molecule has 3 rings (SSSR count). The zero-order valence-corrected chi connectivity index (χ0v) is 13.7. The molecule has 118 valence electrons. The molecule has 0 bridgehead atoms. The lowest BCUT2D eigenvalue weighted by atomic mass is 10.2. The van der Waals surface area contributed by atoms with E-state index in [2.05, 4.69) is 20.2 Å². The van der Waals surface area contributed by atoms with Gasteiger partial charge in [0, 0.05) is 36.7 Å². The quantitative estimate of drug-likeness (QED) is 0.713. The molecule has 0 N–H and O–H groups in total. The maximum Gasteiger partial charge on any atom is 0.253 e. The van der Waals surface area contributed by atoms with Gasteiger partial charge in [0.05, 0.1) is 11.2 Å². The number of hydrogen-bond donors (Lipinski definition) is 0. The molecule has 0 atom stereocenters. The number of carbonyl (C=O) groups excluding carboxylic acids is 1. The number of aryl methyl sites for hydroxylation is 1. The van der Waals surface area contributed by atoms with Gasteiger partial charge < -0.3 is 4.90 Å². The van der Waals surface area contributed by atoms with Gasteiger partial charge in [-0.15, -0.1) is 21.5 Å². The van der Waals surface area contributed by atoms with Gasteiger partial charge in [0.1, 0.15) is 18.5 Å². The van der Waals surface area contributed by atoms with Crippen molar-refractivity contribution in [1.82, 2.24) is 29.6 Å². The van der Waals surface area contributed by atoms with Crippen LogP contribution in [0, 0.1) is 6.92 Å². The monoisotopic (exact) mass is 328 g/mol. The highest BCUT2D eigenvalue weighted by molar-refractivity contribution is 7.09. The van der Waals surface area contributed by atoms with Crippen LogP contribution in [-0.2, 0) is 6.42 Å². The first-order chi connectivity index (χ1) is 11.1. The van der Waals surface area contributed by atoms with E-state index in [1.54, 1.807) is 58.8 Å². The van der Waals surface area contributed by atoms with E-state index in [1.165, 1.54) is 4.88 Å². The van der Waals surface area contributed by atoms with Crippen LogP contribution in [0.4, 0.5) is 0 Å². The molecule has 8 heteroatoms. The normalized spacial score (nSPS) is 10.7. The number of pyridine rings is 1. The van der Waals surface area contributed by atoms with Crippen molar-refractivity contribution in [1.29, 1.82) is 0 Å². The van der Waals surface area contributed by atoms with Crippen molar-refractivity contribution in [2.24, 2.45) is 0 Å². The van der Waals surface area contributed by atoms with Crippen LogP contribution in [0.15, 0.2) is 36.5 Å². The highest BCUT2D eigenvalue weighted by Crippen LogP contribution is 2.14. The molecule has 0 aliphatic rings. The molecular weight excluding hydrogens is 312 g/mol. The predicted octanol–water partition coefficient (Wildman–Crippen LogP) is 1.74. The molecule has 0 saturated carbocycles. The number of amides is 1. The minimum atomic E-state index is -0.0381. The number of hydrogen-bond acceptors (Lipinski definition) is 6. The Balaban J connectivity index is 1.70. The Hall–Kier alpha value is -2.61. The Morgan fingerprint density at radius 2 is 2.09 bits per heavy atom. The second-order valence-corrected chi connectivity index (χ2v) is 6.05. The fourth-order valence-corrected chi connectivity index (χ4v) is 2.94. The summed E-state index contributed by atoms with van der Waals surface area (Å²) in [5.41, 5.74) is 3.46. The summed E-state index contributed by atoms with van der Waals surface area (Å²) in [4.78, 5) is 23.9. The molecular formula is C15H16N6OS. The van der Waals surface area contributed by atoms with Gasteiger partial charge >= 0.3 is 0 Å². The molecule has 0 spiro atoms. The summed E-state index contributed by atoms with van der Waals surface area (Å²) in [5.74, 6) is 0.580. The van der Waals surface area contributed by atoms with Crippen molar-refractivity contribution in [3.05, 3.63) is 52.6 Å². The van der Waals surface area contributed by atoms with Crippen molar-refractivity contribution in [3.8, 4) is 5.82 Å². The zero-order valence-electron chi connectivity index (χ0n) is 12.9. The molecule has 0 aliphatic carbocycles.